The second kappa shape index (κ2) is 7.38. The summed E-state index contributed by atoms with van der Waals surface area (Å²) in [5.41, 5.74) is 0.820. The Labute approximate surface area is 134 Å². The van der Waals surface area contributed by atoms with Crippen LogP contribution >= 0.6 is 15.9 Å². The lowest BCUT2D eigenvalue weighted by Crippen LogP contribution is -2.46. The third-order valence-electron chi connectivity index (χ3n) is 3.22. The maximum Gasteiger partial charge on any atom is 0.241 e. The Morgan fingerprint density at radius 2 is 1.90 bits per heavy atom. The molecule has 0 saturated carbocycles. The van der Waals surface area contributed by atoms with Crippen molar-refractivity contribution in [2.45, 2.75) is 38.6 Å². The van der Waals surface area contributed by atoms with E-state index in [1.807, 2.05) is 20.8 Å². The van der Waals surface area contributed by atoms with Crippen molar-refractivity contribution in [2.24, 2.45) is 0 Å². The zero-order valence-electron chi connectivity index (χ0n) is 12.7. The van der Waals surface area contributed by atoms with Crippen LogP contribution in [0.2, 0.25) is 0 Å². The first-order valence-electron chi connectivity index (χ1n) is 6.80. The fourth-order valence-corrected chi connectivity index (χ4v) is 3.47. The molecule has 0 saturated heterocycles. The van der Waals surface area contributed by atoms with Gasteiger partial charge in [-0.2, -0.15) is 4.72 Å². The van der Waals surface area contributed by atoms with Gasteiger partial charge < -0.3 is 4.90 Å². The molecule has 0 aliphatic carbocycles. The summed E-state index contributed by atoms with van der Waals surface area (Å²) < 4.78 is 27.9. The number of carbonyl (C=O) groups is 1. The molecule has 0 heterocycles. The van der Waals surface area contributed by atoms with Crippen molar-refractivity contribution in [1.29, 1.82) is 0 Å². The van der Waals surface area contributed by atoms with Crippen LogP contribution in [-0.4, -0.2) is 38.4 Å². The topological polar surface area (TPSA) is 66.5 Å². The number of hydrogen-bond donors (Lipinski definition) is 1. The molecule has 1 amide bonds. The van der Waals surface area contributed by atoms with Crippen LogP contribution in [0.5, 0.6) is 0 Å². The average Bonchev–Trinajstić information content (AvgIpc) is 2.42. The molecule has 5 nitrogen and oxygen atoms in total. The molecule has 0 bridgehead atoms. The van der Waals surface area contributed by atoms with Gasteiger partial charge >= 0.3 is 0 Å². The minimum Gasteiger partial charge on any atom is -0.342 e. The summed E-state index contributed by atoms with van der Waals surface area (Å²) in [6.07, 6.45) is 0. The van der Waals surface area contributed by atoms with Crippen molar-refractivity contribution < 1.29 is 13.2 Å². The Kier molecular flexibility index (Phi) is 6.37. The van der Waals surface area contributed by atoms with E-state index in [9.17, 15) is 13.2 Å². The van der Waals surface area contributed by atoms with Gasteiger partial charge in [0.15, 0.2) is 0 Å². The summed E-state index contributed by atoms with van der Waals surface area (Å²) in [5.74, 6) is -0.225. The molecule has 0 spiro atoms. The van der Waals surface area contributed by atoms with E-state index in [2.05, 4.69) is 20.7 Å². The molecule has 1 unspecified atom stereocenters. The minimum absolute atomic E-state index is 0.155. The lowest BCUT2D eigenvalue weighted by Gasteiger charge is -2.23. The van der Waals surface area contributed by atoms with Gasteiger partial charge in [0.25, 0.3) is 0 Å². The maximum absolute atomic E-state index is 12.3. The summed E-state index contributed by atoms with van der Waals surface area (Å²) in [6.45, 7) is 8.20. The first-order chi connectivity index (χ1) is 9.72. The molecule has 1 aromatic carbocycles. The molecule has 0 radical (unpaired) electrons. The fourth-order valence-electron chi connectivity index (χ4n) is 1.94. The van der Waals surface area contributed by atoms with Crippen molar-refractivity contribution in [3.63, 3.8) is 0 Å². The molecular weight excluding hydrogens is 356 g/mol. The van der Waals surface area contributed by atoms with E-state index in [1.165, 1.54) is 6.07 Å². The summed E-state index contributed by atoms with van der Waals surface area (Å²) in [6, 6.07) is 3.97. The van der Waals surface area contributed by atoms with E-state index in [4.69, 9.17) is 0 Å². The van der Waals surface area contributed by atoms with Crippen LogP contribution in [0.3, 0.4) is 0 Å². The van der Waals surface area contributed by atoms with E-state index in [1.54, 1.807) is 24.0 Å². The normalized spacial score (nSPS) is 13.0. The molecule has 1 atom stereocenters. The number of nitrogens with one attached hydrogen (secondary N) is 1. The zero-order valence-corrected chi connectivity index (χ0v) is 15.1. The molecule has 1 N–H and O–H groups in total. The maximum atomic E-state index is 12.3. The van der Waals surface area contributed by atoms with Gasteiger partial charge in [-0.3, -0.25) is 4.79 Å². The van der Waals surface area contributed by atoms with Crippen molar-refractivity contribution in [1.82, 2.24) is 9.62 Å². The van der Waals surface area contributed by atoms with Gasteiger partial charge in [0.2, 0.25) is 15.9 Å². The van der Waals surface area contributed by atoms with Crippen LogP contribution in [0.15, 0.2) is 27.6 Å². The molecule has 0 aromatic heterocycles. The second-order valence-electron chi connectivity index (χ2n) is 4.76. The Balaban J connectivity index is 2.94. The highest BCUT2D eigenvalue weighted by Crippen LogP contribution is 2.20. The van der Waals surface area contributed by atoms with Crippen molar-refractivity contribution in [3.8, 4) is 0 Å². The summed E-state index contributed by atoms with van der Waals surface area (Å²) in [7, 11) is -3.71. The quantitative estimate of drug-likeness (QED) is 0.827. The number of rotatable bonds is 6. The molecular formula is C14H21BrN2O3S. The predicted octanol–water partition coefficient (Wildman–Crippen LogP) is 2.29. The van der Waals surface area contributed by atoms with Crippen LogP contribution in [0.1, 0.15) is 26.3 Å². The van der Waals surface area contributed by atoms with E-state index in [0.29, 0.717) is 13.1 Å². The van der Waals surface area contributed by atoms with Gasteiger partial charge in [0.05, 0.1) is 10.9 Å². The number of carbonyl (C=O) groups excluding carboxylic acids is 1. The molecule has 7 heteroatoms. The SMILES string of the molecule is CCN(CC)C(=O)C(C)NS(=O)(=O)c1ccc(Br)c(C)c1. The monoisotopic (exact) mass is 376 g/mol. The van der Waals surface area contributed by atoms with Crippen LogP contribution < -0.4 is 4.72 Å². The third kappa shape index (κ3) is 4.52. The van der Waals surface area contributed by atoms with Crippen molar-refractivity contribution in [2.75, 3.05) is 13.1 Å². The van der Waals surface area contributed by atoms with Crippen LogP contribution in [0.4, 0.5) is 0 Å². The third-order valence-corrected chi connectivity index (χ3v) is 5.65. The summed E-state index contributed by atoms with van der Waals surface area (Å²) in [5, 5.41) is 0. The number of aryl methyl sites for hydroxylation is 1. The summed E-state index contributed by atoms with van der Waals surface area (Å²) in [4.78, 5) is 13.9. The zero-order chi connectivity index (χ0) is 16.2. The van der Waals surface area contributed by atoms with Gasteiger partial charge in [0, 0.05) is 17.6 Å². The molecule has 0 aliphatic heterocycles. The molecule has 1 aromatic rings. The molecule has 0 aliphatic rings. The van der Waals surface area contributed by atoms with Crippen LogP contribution in [0.25, 0.3) is 0 Å². The Bertz CT molecular complexity index is 613. The second-order valence-corrected chi connectivity index (χ2v) is 7.33. The average molecular weight is 377 g/mol. The molecule has 1 rings (SSSR count). The highest BCUT2D eigenvalue weighted by molar-refractivity contribution is 9.10. The Hall–Kier alpha value is -0.920. The van der Waals surface area contributed by atoms with Gasteiger partial charge in [-0.25, -0.2) is 8.42 Å². The highest BCUT2D eigenvalue weighted by atomic mass is 79.9. The lowest BCUT2D eigenvalue weighted by atomic mass is 10.2. The van der Waals surface area contributed by atoms with Crippen molar-refractivity contribution >= 4 is 31.9 Å². The molecule has 118 valence electrons. The standard InChI is InChI=1S/C14H21BrN2O3S/c1-5-17(6-2)14(18)11(4)16-21(19,20)12-7-8-13(15)10(3)9-12/h7-9,11,16H,5-6H2,1-4H3. The van der Waals surface area contributed by atoms with Gasteiger partial charge in [-0.1, -0.05) is 15.9 Å². The van der Waals surface area contributed by atoms with E-state index in [-0.39, 0.29) is 10.8 Å². The van der Waals surface area contributed by atoms with Crippen molar-refractivity contribution in [3.05, 3.63) is 28.2 Å². The number of sulfonamides is 1. The Morgan fingerprint density at radius 1 is 1.33 bits per heavy atom. The first kappa shape index (κ1) is 18.1. The highest BCUT2D eigenvalue weighted by Gasteiger charge is 2.24. The van der Waals surface area contributed by atoms with Gasteiger partial charge in [-0.15, -0.1) is 0 Å². The molecule has 0 fully saturated rings. The van der Waals surface area contributed by atoms with Crippen LogP contribution in [-0.2, 0) is 14.8 Å². The minimum atomic E-state index is -3.71. The number of hydrogen-bond acceptors (Lipinski definition) is 3. The number of halogens is 1. The predicted molar refractivity (Wildman–Crippen MR) is 86.6 cm³/mol. The number of amides is 1. The van der Waals surface area contributed by atoms with E-state index >= 15 is 0 Å². The fraction of sp³-hybridized carbons (Fsp3) is 0.500. The van der Waals surface area contributed by atoms with E-state index in [0.717, 1.165) is 10.0 Å². The van der Waals surface area contributed by atoms with E-state index < -0.39 is 16.1 Å². The number of benzene rings is 1. The van der Waals surface area contributed by atoms with Crippen LogP contribution in [0, 0.1) is 6.92 Å². The number of likely N-dealkylation sites (N-methyl/N-ethyl adjacent to an activating group) is 1. The smallest absolute Gasteiger partial charge is 0.241 e. The van der Waals surface area contributed by atoms with Gasteiger partial charge in [0.1, 0.15) is 0 Å². The number of nitrogens with zero attached hydrogens (tertiary/aromatic N) is 1. The largest absolute Gasteiger partial charge is 0.342 e. The summed E-state index contributed by atoms with van der Waals surface area (Å²) >= 11 is 3.33. The first-order valence-corrected chi connectivity index (χ1v) is 9.07. The van der Waals surface area contributed by atoms with Gasteiger partial charge in [-0.05, 0) is 51.5 Å². The molecule has 21 heavy (non-hydrogen) atoms. The Morgan fingerprint density at radius 3 is 2.38 bits per heavy atom. The lowest BCUT2D eigenvalue weighted by molar-refractivity contribution is -0.132.